The summed E-state index contributed by atoms with van der Waals surface area (Å²) in [5.41, 5.74) is 20.1. The van der Waals surface area contributed by atoms with Crippen LogP contribution in [0.2, 0.25) is 0 Å². The van der Waals surface area contributed by atoms with E-state index in [0.717, 1.165) is 17.1 Å². The van der Waals surface area contributed by atoms with Crippen molar-refractivity contribution in [1.82, 2.24) is 34.4 Å². The number of alkyl carbamates (subject to hydrolysis) is 1. The zero-order valence-electron chi connectivity index (χ0n) is 35.2. The van der Waals surface area contributed by atoms with E-state index in [-0.39, 0.29) is 39.9 Å². The van der Waals surface area contributed by atoms with E-state index in [0.29, 0.717) is 11.3 Å². The van der Waals surface area contributed by atoms with Gasteiger partial charge in [0.1, 0.15) is 60.8 Å². The molecule has 10 N–H and O–H groups in total. The first kappa shape index (κ1) is 51.5. The molecule has 2 aliphatic rings. The Bertz CT molecular complexity index is 2610. The van der Waals surface area contributed by atoms with Crippen molar-refractivity contribution in [2.75, 3.05) is 30.4 Å². The molecule has 2 fully saturated rings. The molecule has 0 spiro atoms. The van der Waals surface area contributed by atoms with Gasteiger partial charge in [-0.05, 0) is 17.2 Å². The molecule has 0 aliphatic carbocycles. The monoisotopic (exact) mass is 1020 g/mol. The SMILES string of the molecule is CC(C)(C)SSC[C@@H](NC(=O)OCc1ccc(N=[N+]=[N-])cc1)C(=O)O[C@H]1[C@@H](O)[C@H](n2cnc3c(N)ncnc32)O[C@@H]1COP(=O)(O)O[C@H]1[C@@H](O)[C@H](n2ccc(N)nc2=O)O[C@@H]1COP(=O)(O)O. The highest BCUT2D eigenvalue weighted by atomic mass is 33.1. The quantitative estimate of drug-likeness (QED) is 0.0165. The lowest BCUT2D eigenvalue weighted by Crippen LogP contribution is -2.48. The van der Waals surface area contributed by atoms with Gasteiger partial charge < -0.3 is 60.6 Å². The van der Waals surface area contributed by atoms with Gasteiger partial charge in [0, 0.05) is 27.3 Å². The zero-order chi connectivity index (χ0) is 48.8. The van der Waals surface area contributed by atoms with Crippen molar-refractivity contribution in [3.63, 3.8) is 0 Å². The summed E-state index contributed by atoms with van der Waals surface area (Å²) in [6, 6.07) is 5.85. The van der Waals surface area contributed by atoms with Crippen LogP contribution < -0.4 is 22.5 Å². The second-order valence-electron chi connectivity index (χ2n) is 15.4. The first-order chi connectivity index (χ1) is 31.5. The maximum absolute atomic E-state index is 14.0. The number of hydrogen-bond acceptors (Lipinski definition) is 23. The Morgan fingerprint density at radius 3 is 2.30 bits per heavy atom. The van der Waals surface area contributed by atoms with Gasteiger partial charge in [0.25, 0.3) is 0 Å². The van der Waals surface area contributed by atoms with Gasteiger partial charge in [-0.1, -0.05) is 71.7 Å². The Labute approximate surface area is 385 Å². The average Bonchev–Trinajstić information content (AvgIpc) is 3.91. The fourth-order valence-electron chi connectivity index (χ4n) is 6.35. The van der Waals surface area contributed by atoms with Crippen molar-refractivity contribution in [3.05, 3.63) is 75.7 Å². The Kier molecular flexibility index (Phi) is 16.6. The topological polar surface area (TPSA) is 425 Å². The summed E-state index contributed by atoms with van der Waals surface area (Å²) < 4.78 is 64.7. The van der Waals surface area contributed by atoms with E-state index in [1.807, 2.05) is 20.8 Å². The van der Waals surface area contributed by atoms with E-state index in [9.17, 15) is 48.4 Å². The van der Waals surface area contributed by atoms with Crippen molar-refractivity contribution >= 4 is 77.8 Å². The smallest absolute Gasteiger partial charge is 0.455 e. The van der Waals surface area contributed by atoms with E-state index in [4.69, 9.17) is 45.0 Å². The summed E-state index contributed by atoms with van der Waals surface area (Å²) in [4.78, 5) is 87.8. The molecule has 4 aromatic rings. The third-order valence-corrected chi connectivity index (χ3v) is 14.1. The van der Waals surface area contributed by atoms with Crippen molar-refractivity contribution < 1.29 is 76.1 Å². The molecule has 1 aromatic carbocycles. The number of esters is 1. The molecule has 2 aliphatic heterocycles. The molecular formula is C34H44N12O17P2S2. The second kappa shape index (κ2) is 21.6. The maximum Gasteiger partial charge on any atom is 0.472 e. The number of phosphoric ester groups is 2. The van der Waals surface area contributed by atoms with E-state index in [1.165, 1.54) is 50.7 Å². The number of azide groups is 1. The number of carbonyl (C=O) groups is 2. The molecule has 0 bridgehead atoms. The fraction of sp³-hybridized carbons (Fsp3) is 0.500. The summed E-state index contributed by atoms with van der Waals surface area (Å²) in [7, 11) is -8.07. The van der Waals surface area contributed by atoms with E-state index < -0.39 is 102 Å². The van der Waals surface area contributed by atoms with Crippen molar-refractivity contribution in [2.24, 2.45) is 5.11 Å². The molecule has 0 saturated carbocycles. The number of nitrogen functional groups attached to an aromatic ring is 2. The normalized spacial score (nSPS) is 24.4. The predicted octanol–water partition coefficient (Wildman–Crippen LogP) is 1.70. The number of carbonyl (C=O) groups excluding carboxylic acids is 2. The largest absolute Gasteiger partial charge is 0.472 e. The summed E-state index contributed by atoms with van der Waals surface area (Å²) in [6.45, 7) is 3.46. The molecule has 67 heavy (non-hydrogen) atoms. The highest BCUT2D eigenvalue weighted by Crippen LogP contribution is 2.50. The Balaban J connectivity index is 1.22. The van der Waals surface area contributed by atoms with Crippen LogP contribution in [0.1, 0.15) is 38.8 Å². The Hall–Kier alpha value is -4.94. The summed E-state index contributed by atoms with van der Waals surface area (Å²) in [5.74, 6) is -1.43. The van der Waals surface area contributed by atoms with Crippen LogP contribution in [0.25, 0.3) is 21.6 Å². The van der Waals surface area contributed by atoms with Crippen molar-refractivity contribution in [3.8, 4) is 0 Å². The number of nitrogens with one attached hydrogen (secondary N) is 1. The zero-order valence-corrected chi connectivity index (χ0v) is 38.6. The van der Waals surface area contributed by atoms with Gasteiger partial charge >= 0.3 is 33.4 Å². The number of anilines is 2. The number of aliphatic hydroxyl groups is 2. The van der Waals surface area contributed by atoms with Gasteiger partial charge in [0.05, 0.1) is 19.5 Å². The van der Waals surface area contributed by atoms with Gasteiger partial charge in [-0.2, -0.15) is 4.98 Å². The summed E-state index contributed by atoms with van der Waals surface area (Å²) in [5, 5.41) is 28.9. The number of phosphoric acid groups is 2. The van der Waals surface area contributed by atoms with Crippen LogP contribution in [0.15, 0.2) is 59.1 Å². The van der Waals surface area contributed by atoms with Crippen molar-refractivity contribution in [1.29, 1.82) is 0 Å². The number of aromatic nitrogens is 6. The Morgan fingerprint density at radius 1 is 0.985 bits per heavy atom. The number of fused-ring (bicyclic) bond motifs is 1. The number of imidazole rings is 1. The number of nitrogens with two attached hydrogens (primary N) is 2. The molecule has 1 amide bonds. The fourth-order valence-corrected chi connectivity index (χ4v) is 10.1. The number of amides is 1. The van der Waals surface area contributed by atoms with Gasteiger partial charge in [-0.15, -0.1) is 0 Å². The van der Waals surface area contributed by atoms with Crippen LogP contribution in [0.4, 0.5) is 22.1 Å². The lowest BCUT2D eigenvalue weighted by atomic mass is 10.1. The molecule has 10 atom stereocenters. The molecule has 5 heterocycles. The second-order valence-corrected chi connectivity index (χ2v) is 21.2. The Morgan fingerprint density at radius 2 is 1.64 bits per heavy atom. The maximum atomic E-state index is 14.0. The number of aliphatic hydroxyl groups excluding tert-OH is 2. The van der Waals surface area contributed by atoms with Crippen LogP contribution in [-0.4, -0.2) is 132 Å². The number of hydrogen-bond donors (Lipinski definition) is 8. The number of benzene rings is 1. The average molecular weight is 1020 g/mol. The van der Waals surface area contributed by atoms with Gasteiger partial charge in [0.2, 0.25) is 0 Å². The van der Waals surface area contributed by atoms with Crippen molar-refractivity contribution in [2.45, 2.75) is 87.2 Å². The molecule has 33 heteroatoms. The third-order valence-electron chi connectivity index (χ3n) is 9.31. The van der Waals surface area contributed by atoms with Crippen LogP contribution >= 0.6 is 37.2 Å². The van der Waals surface area contributed by atoms with Crippen LogP contribution in [0, 0.1) is 0 Å². The molecule has 3 aromatic heterocycles. The van der Waals surface area contributed by atoms with Crippen LogP contribution in [0.3, 0.4) is 0 Å². The minimum absolute atomic E-state index is 0.0311. The highest BCUT2D eigenvalue weighted by molar-refractivity contribution is 8.77. The number of ether oxygens (including phenoxy) is 4. The summed E-state index contributed by atoms with van der Waals surface area (Å²) >= 11 is 0. The molecule has 2 saturated heterocycles. The van der Waals surface area contributed by atoms with Crippen LogP contribution in [0.5, 0.6) is 0 Å². The van der Waals surface area contributed by atoms with Gasteiger partial charge in [-0.25, -0.2) is 38.5 Å². The third kappa shape index (κ3) is 13.6. The van der Waals surface area contributed by atoms with Gasteiger partial charge in [0.15, 0.2) is 30.0 Å². The van der Waals surface area contributed by atoms with Crippen LogP contribution in [-0.2, 0) is 53.1 Å². The molecule has 364 valence electrons. The molecule has 0 radical (unpaired) electrons. The molecular weight excluding hydrogens is 975 g/mol. The molecule has 29 nitrogen and oxygen atoms in total. The first-order valence-electron chi connectivity index (χ1n) is 19.4. The lowest BCUT2D eigenvalue weighted by molar-refractivity contribution is -0.158. The van der Waals surface area contributed by atoms with Gasteiger partial charge in [-0.3, -0.25) is 22.7 Å². The number of nitrogens with zero attached hydrogens (tertiary/aromatic N) is 9. The predicted molar refractivity (Wildman–Crippen MR) is 233 cm³/mol. The standard InChI is InChI=1S/C34H44N12O17P2S2/c1-34(2,3)67-66-13-18(41-33(51)57-10-16-4-6-17(7-5-16)43-44-37)31(49)62-25-19(60-30(23(25)47)46-15-40-22-27(36)38-14-39-28(22)46)12-59-65(55,56)63-26-20(11-58-64(52,53)54)61-29(24(26)48)45-9-8-21(35)42-32(45)50/h4-9,14-15,18-20,23-26,29-30,47-48H,10-13H2,1-3H3,(H,41,51)(H,55,56)(H2,35,42,50)(H2,36,38,39)(H2,52,53,54)/t18-,19-,20-,23-,24-,25-,26-,29-,30-/m1/s1. The number of rotatable bonds is 19. The first-order valence-corrected chi connectivity index (χ1v) is 24.8. The molecule has 1 unspecified atom stereocenters. The van der Waals surface area contributed by atoms with E-state index in [2.05, 4.69) is 39.8 Å². The lowest BCUT2D eigenvalue weighted by Gasteiger charge is -2.26. The van der Waals surface area contributed by atoms with E-state index >= 15 is 0 Å². The van der Waals surface area contributed by atoms with E-state index in [1.54, 1.807) is 12.1 Å². The minimum atomic E-state index is -5.46. The summed E-state index contributed by atoms with van der Waals surface area (Å²) in [6.07, 6.45) is -11.8. The minimum Gasteiger partial charge on any atom is -0.455 e. The highest BCUT2D eigenvalue weighted by Gasteiger charge is 2.52. The molecule has 6 rings (SSSR count).